The lowest BCUT2D eigenvalue weighted by Gasteiger charge is -2.20. The summed E-state index contributed by atoms with van der Waals surface area (Å²) in [6.45, 7) is 0.190. The van der Waals surface area contributed by atoms with Gasteiger partial charge in [-0.2, -0.15) is 4.73 Å². The topological polar surface area (TPSA) is 124 Å². The molecule has 2 aromatic carbocycles. The van der Waals surface area contributed by atoms with Gasteiger partial charge in [-0.1, -0.05) is 23.2 Å². The predicted molar refractivity (Wildman–Crippen MR) is 124 cm³/mol. The summed E-state index contributed by atoms with van der Waals surface area (Å²) in [4.78, 5) is 17.6. The van der Waals surface area contributed by atoms with Gasteiger partial charge in [-0.25, -0.2) is 19.5 Å². The third kappa shape index (κ3) is 6.06. The molecule has 0 aliphatic heterocycles. The number of nitrogens with zero attached hydrogens (tertiary/aromatic N) is 4. The number of anilines is 1. The van der Waals surface area contributed by atoms with Crippen molar-refractivity contribution in [3.05, 3.63) is 71.2 Å². The molecule has 33 heavy (non-hydrogen) atoms. The fourth-order valence-corrected chi connectivity index (χ4v) is 4.31. The van der Waals surface area contributed by atoms with Crippen molar-refractivity contribution in [1.82, 2.24) is 19.7 Å². The van der Waals surface area contributed by atoms with E-state index >= 15 is 0 Å². The van der Waals surface area contributed by atoms with E-state index in [1.54, 1.807) is 48.5 Å². The molecule has 172 valence electrons. The van der Waals surface area contributed by atoms with Crippen molar-refractivity contribution in [2.75, 3.05) is 25.3 Å². The molecule has 13 heteroatoms. The van der Waals surface area contributed by atoms with Crippen LogP contribution in [0, 0.1) is 0 Å². The zero-order valence-corrected chi connectivity index (χ0v) is 19.4. The summed E-state index contributed by atoms with van der Waals surface area (Å²) >= 11 is 11.8. The SMILES string of the molecule is Nc1ncnc2c1ncn2OCCOCP(=O)(Oc1ccc(Cl)cc1)Oc1ccc(Cl)cc1. The second-order valence-electron chi connectivity index (χ2n) is 6.57. The van der Waals surface area contributed by atoms with Gasteiger partial charge >= 0.3 is 7.60 Å². The molecule has 2 heterocycles. The van der Waals surface area contributed by atoms with Crippen LogP contribution >= 0.6 is 30.8 Å². The molecule has 10 nitrogen and oxygen atoms in total. The molecule has 0 unspecified atom stereocenters. The molecule has 0 spiro atoms. The van der Waals surface area contributed by atoms with Crippen LogP contribution in [0.4, 0.5) is 5.82 Å². The van der Waals surface area contributed by atoms with Crippen LogP contribution in [0.1, 0.15) is 0 Å². The average molecular weight is 510 g/mol. The van der Waals surface area contributed by atoms with E-state index < -0.39 is 7.60 Å². The first-order valence-corrected chi connectivity index (χ1v) is 12.0. The number of hydrogen-bond donors (Lipinski definition) is 1. The average Bonchev–Trinajstić information content (AvgIpc) is 3.21. The number of hydrogen-bond acceptors (Lipinski definition) is 9. The standard InChI is InChI=1S/C20H18Cl2N5O5P/c21-14-1-5-16(6-2-14)31-33(28,32-17-7-3-15(22)4-8-17)13-29-9-10-30-27-12-26-18-19(23)24-11-25-20(18)27/h1-8,11-12H,9-10,13H2,(H2,23,24,25). The zero-order valence-electron chi connectivity index (χ0n) is 17.0. The fraction of sp³-hybridized carbons (Fsp3) is 0.150. The highest BCUT2D eigenvalue weighted by Gasteiger charge is 2.29. The normalized spacial score (nSPS) is 11.5. The first-order chi connectivity index (χ1) is 15.9. The molecule has 2 aromatic heterocycles. The largest absolute Gasteiger partial charge is 0.456 e. The summed E-state index contributed by atoms with van der Waals surface area (Å²) in [7, 11) is -3.76. The molecule has 0 aliphatic carbocycles. The van der Waals surface area contributed by atoms with Gasteiger partial charge in [0.05, 0.1) is 6.61 Å². The van der Waals surface area contributed by atoms with Crippen molar-refractivity contribution in [3.63, 3.8) is 0 Å². The summed E-state index contributed by atoms with van der Waals surface area (Å²) in [5.41, 5.74) is 6.60. The highest BCUT2D eigenvalue weighted by molar-refractivity contribution is 7.54. The predicted octanol–water partition coefficient (Wildman–Crippen LogP) is 4.47. The van der Waals surface area contributed by atoms with Gasteiger partial charge < -0.3 is 24.4 Å². The van der Waals surface area contributed by atoms with Crippen LogP contribution in [-0.2, 0) is 9.30 Å². The van der Waals surface area contributed by atoms with E-state index in [2.05, 4.69) is 15.0 Å². The van der Waals surface area contributed by atoms with Crippen LogP contribution in [0.3, 0.4) is 0 Å². The van der Waals surface area contributed by atoms with Crippen molar-refractivity contribution >= 4 is 47.8 Å². The van der Waals surface area contributed by atoms with Crippen LogP contribution in [0.15, 0.2) is 61.2 Å². The number of imidazole rings is 1. The Hall–Kier alpha value is -3.04. The van der Waals surface area contributed by atoms with Crippen LogP contribution in [0.5, 0.6) is 11.5 Å². The molecule has 0 bridgehead atoms. The van der Waals surface area contributed by atoms with Gasteiger partial charge in [0.2, 0.25) is 5.65 Å². The van der Waals surface area contributed by atoms with Gasteiger partial charge in [-0.05, 0) is 48.5 Å². The third-order valence-electron chi connectivity index (χ3n) is 4.16. The van der Waals surface area contributed by atoms with Crippen molar-refractivity contribution in [2.24, 2.45) is 0 Å². The summed E-state index contributed by atoms with van der Waals surface area (Å²) in [5.74, 6) is 0.885. The summed E-state index contributed by atoms with van der Waals surface area (Å²) in [6, 6.07) is 12.8. The van der Waals surface area contributed by atoms with Crippen LogP contribution in [0.2, 0.25) is 10.0 Å². The second-order valence-corrected chi connectivity index (χ2v) is 9.29. The van der Waals surface area contributed by atoms with Gasteiger partial charge in [-0.3, -0.25) is 0 Å². The maximum absolute atomic E-state index is 13.4. The Bertz CT molecular complexity index is 1220. The molecular formula is C20H18Cl2N5O5P. The highest BCUT2D eigenvalue weighted by atomic mass is 35.5. The third-order valence-corrected chi connectivity index (χ3v) is 6.14. The summed E-state index contributed by atoms with van der Waals surface area (Å²) in [5, 5.41) is 1.03. The first kappa shape index (κ1) is 23.1. The van der Waals surface area contributed by atoms with E-state index in [1.165, 1.54) is 17.4 Å². The molecule has 0 fully saturated rings. The van der Waals surface area contributed by atoms with Crippen molar-refractivity contribution in [1.29, 1.82) is 0 Å². The van der Waals surface area contributed by atoms with Crippen LogP contribution in [-0.4, -0.2) is 39.2 Å². The van der Waals surface area contributed by atoms with E-state index in [9.17, 15) is 4.57 Å². The Morgan fingerprint density at radius 2 is 1.48 bits per heavy atom. The maximum Gasteiger partial charge on any atom is 0.456 e. The molecule has 0 amide bonds. The smallest absolute Gasteiger partial charge is 0.415 e. The quantitative estimate of drug-likeness (QED) is 0.243. The molecule has 4 aromatic rings. The number of nitrogen functional groups attached to an aromatic ring is 1. The Labute approximate surface area is 198 Å². The lowest BCUT2D eigenvalue weighted by Crippen LogP contribution is -2.18. The maximum atomic E-state index is 13.4. The van der Waals surface area contributed by atoms with Crippen LogP contribution in [0.25, 0.3) is 11.2 Å². The zero-order chi connectivity index (χ0) is 23.3. The highest BCUT2D eigenvalue weighted by Crippen LogP contribution is 2.48. The Morgan fingerprint density at radius 3 is 2.09 bits per heavy atom. The fourth-order valence-electron chi connectivity index (χ4n) is 2.68. The van der Waals surface area contributed by atoms with E-state index in [-0.39, 0.29) is 25.4 Å². The van der Waals surface area contributed by atoms with Crippen molar-refractivity contribution in [2.45, 2.75) is 0 Å². The van der Waals surface area contributed by atoms with Gasteiger partial charge in [0.1, 0.15) is 30.8 Å². The molecule has 0 radical (unpaired) electrons. The molecule has 4 rings (SSSR count). The first-order valence-electron chi connectivity index (χ1n) is 9.56. The number of aromatic nitrogens is 4. The molecule has 0 saturated heterocycles. The second kappa shape index (κ2) is 10.3. The lowest BCUT2D eigenvalue weighted by atomic mass is 10.3. The minimum absolute atomic E-state index is 0.0815. The minimum atomic E-state index is -3.76. The summed E-state index contributed by atoms with van der Waals surface area (Å²) < 4.78 is 31.6. The molecule has 2 N–H and O–H groups in total. The van der Waals surface area contributed by atoms with Gasteiger partial charge in [0.25, 0.3) is 0 Å². The number of rotatable bonds is 10. The van der Waals surface area contributed by atoms with Gasteiger partial charge in [0, 0.05) is 10.0 Å². The van der Waals surface area contributed by atoms with Gasteiger partial charge in [-0.15, -0.1) is 0 Å². The number of ether oxygens (including phenoxy) is 1. The monoisotopic (exact) mass is 509 g/mol. The Kier molecular flexibility index (Phi) is 7.20. The lowest BCUT2D eigenvalue weighted by molar-refractivity contribution is 0.0528. The number of fused-ring (bicyclic) bond motifs is 1. The Morgan fingerprint density at radius 1 is 0.879 bits per heavy atom. The van der Waals surface area contributed by atoms with E-state index in [0.717, 1.165) is 0 Å². The van der Waals surface area contributed by atoms with Crippen molar-refractivity contribution in [3.8, 4) is 11.5 Å². The van der Waals surface area contributed by atoms with E-state index in [4.69, 9.17) is 47.6 Å². The molecule has 0 atom stereocenters. The molecular weight excluding hydrogens is 492 g/mol. The van der Waals surface area contributed by atoms with Crippen LogP contribution < -0.4 is 19.6 Å². The van der Waals surface area contributed by atoms with E-state index in [0.29, 0.717) is 32.7 Å². The Balaban J connectivity index is 1.37. The minimum Gasteiger partial charge on any atom is -0.415 e. The number of nitrogens with two attached hydrogens (primary N) is 1. The van der Waals surface area contributed by atoms with E-state index in [1.807, 2.05) is 0 Å². The molecule has 0 saturated carbocycles. The van der Waals surface area contributed by atoms with Crippen molar-refractivity contribution < 1.29 is 23.2 Å². The number of benzene rings is 2. The number of halogens is 2. The molecule has 0 aliphatic rings. The van der Waals surface area contributed by atoms with Gasteiger partial charge in [0.15, 0.2) is 17.7 Å². The summed E-state index contributed by atoms with van der Waals surface area (Å²) in [6.07, 6.45) is 2.41.